The number of hydrogen-bond donors (Lipinski definition) is 0. The molecule has 5 aromatic rings. The first kappa shape index (κ1) is 26.7. The first-order valence-corrected chi connectivity index (χ1v) is 11.8. The average Bonchev–Trinajstić information content (AvgIpc) is 3.60. The maximum atomic E-state index is 12.0. The molecule has 38 heavy (non-hydrogen) atoms. The lowest BCUT2D eigenvalue weighted by molar-refractivity contribution is 0.0526. The third-order valence-corrected chi connectivity index (χ3v) is 6.07. The normalized spacial score (nSPS) is 11.6. The average molecular weight is 533 g/mol. The summed E-state index contributed by atoms with van der Waals surface area (Å²) in [5.74, 6) is 0.974. The van der Waals surface area contributed by atoms with E-state index in [9.17, 15) is 4.79 Å². The zero-order valence-electron chi connectivity index (χ0n) is 21.5. The summed E-state index contributed by atoms with van der Waals surface area (Å²) in [4.78, 5) is 21.1. The van der Waals surface area contributed by atoms with Gasteiger partial charge in [-0.2, -0.15) is 28.7 Å². The predicted molar refractivity (Wildman–Crippen MR) is 148 cm³/mol. The largest absolute Gasteiger partial charge is 0.496 e. The number of ether oxygens (including phenoxy) is 3. The number of aromatic nitrogens is 6. The second-order valence-corrected chi connectivity index (χ2v) is 8.25. The Hall–Kier alpha value is -4.38. The number of methoxy groups -OCH3 is 2. The number of carbonyl (C=O) groups is 1. The minimum Gasteiger partial charge on any atom is -0.496 e. The molecule has 0 saturated carbocycles. The fraction of sp³-hybridized carbons (Fsp3) is 0.222. The first-order valence-electron chi connectivity index (χ1n) is 11.8. The third kappa shape index (κ3) is 4.92. The fourth-order valence-electron chi connectivity index (χ4n) is 4.17. The van der Waals surface area contributed by atoms with Gasteiger partial charge in [-0.25, -0.2) is 14.5 Å². The van der Waals surface area contributed by atoms with Crippen LogP contribution in [0.25, 0.3) is 28.1 Å². The topological polar surface area (TPSA) is 106 Å². The number of para-hydroxylation sites is 1. The Morgan fingerprint density at radius 2 is 1.74 bits per heavy atom. The predicted octanol–water partition coefficient (Wildman–Crippen LogP) is 4.60. The number of carbonyl (C=O) groups excluding carboxylic acids is 1. The van der Waals surface area contributed by atoms with Crippen molar-refractivity contribution in [2.24, 2.45) is 0 Å². The zero-order valence-corrected chi connectivity index (χ0v) is 22.5. The molecule has 0 N–H and O–H groups in total. The van der Waals surface area contributed by atoms with E-state index in [1.54, 1.807) is 27.3 Å². The van der Waals surface area contributed by atoms with Gasteiger partial charge in [-0.1, -0.05) is 42.5 Å². The molecule has 0 saturated heterocycles. The van der Waals surface area contributed by atoms with Gasteiger partial charge in [-0.3, -0.25) is 4.68 Å². The van der Waals surface area contributed by atoms with Gasteiger partial charge in [-0.15, -0.1) is 0 Å². The lowest BCUT2D eigenvalue weighted by Gasteiger charge is -2.16. The van der Waals surface area contributed by atoms with Gasteiger partial charge in [0.15, 0.2) is 0 Å². The van der Waals surface area contributed by atoms with Crippen LogP contribution in [0.2, 0.25) is 0 Å². The second kappa shape index (κ2) is 11.3. The lowest BCUT2D eigenvalue weighted by Crippen LogP contribution is -2.11. The van der Waals surface area contributed by atoms with Crippen LogP contribution in [-0.4, -0.2) is 56.3 Å². The summed E-state index contributed by atoms with van der Waals surface area (Å²) in [6, 6.07) is 16.1. The van der Waals surface area contributed by atoms with Gasteiger partial charge < -0.3 is 14.2 Å². The fourth-order valence-corrected chi connectivity index (χ4v) is 4.17. The van der Waals surface area contributed by atoms with Gasteiger partial charge in [0, 0.05) is 11.8 Å². The van der Waals surface area contributed by atoms with Gasteiger partial charge in [0.25, 0.3) is 5.95 Å². The van der Waals surface area contributed by atoms with Gasteiger partial charge in [-0.05, 0) is 31.0 Å². The van der Waals surface area contributed by atoms with Gasteiger partial charge in [0.2, 0.25) is 5.88 Å². The van der Waals surface area contributed by atoms with Crippen LogP contribution in [0.4, 0.5) is 0 Å². The van der Waals surface area contributed by atoms with E-state index >= 15 is 0 Å². The summed E-state index contributed by atoms with van der Waals surface area (Å²) in [7, 11) is 3.22. The SMILES string of the molecule is CCOC(=O)c1cnn(-c2nc(OC)c3c(cnn3[C@@H](C)c3ccc(-c4ccccc4OC)cc3)n2)c1.S. The molecule has 0 aliphatic heterocycles. The van der Waals surface area contributed by atoms with Crippen molar-refractivity contribution in [1.82, 2.24) is 29.5 Å². The van der Waals surface area contributed by atoms with Crippen LogP contribution in [0.3, 0.4) is 0 Å². The van der Waals surface area contributed by atoms with Gasteiger partial charge >= 0.3 is 5.97 Å². The standard InChI is InChI=1S/C27H26N6O4.H2S/c1-5-37-26(34)20-14-28-32(16-20)27-30-22-15-29-33(24(22)25(31-27)36-4)17(2)18-10-12-19(13-11-18)21-8-6-7-9-23(21)35-3;/h6-17H,5H2,1-4H3;1H2/t17-;/m0./s1. The Kier molecular flexibility index (Phi) is 7.96. The van der Waals surface area contributed by atoms with Crippen molar-refractivity contribution in [2.45, 2.75) is 19.9 Å². The van der Waals surface area contributed by atoms with Gasteiger partial charge in [0.05, 0.1) is 44.8 Å². The third-order valence-electron chi connectivity index (χ3n) is 6.07. The molecule has 10 nitrogen and oxygen atoms in total. The zero-order chi connectivity index (χ0) is 25.9. The van der Waals surface area contributed by atoms with Gasteiger partial charge in [0.1, 0.15) is 16.8 Å². The van der Waals surface area contributed by atoms with E-state index in [0.29, 0.717) is 22.5 Å². The summed E-state index contributed by atoms with van der Waals surface area (Å²) >= 11 is 0. The van der Waals surface area contributed by atoms with Crippen LogP contribution in [0.1, 0.15) is 35.8 Å². The smallest absolute Gasteiger partial charge is 0.341 e. The molecular weight excluding hydrogens is 504 g/mol. The molecular formula is C27H28N6O4S. The molecule has 3 heterocycles. The Labute approximate surface area is 226 Å². The lowest BCUT2D eigenvalue weighted by atomic mass is 10.0. The molecule has 0 aliphatic rings. The summed E-state index contributed by atoms with van der Waals surface area (Å²) in [5, 5.41) is 8.80. The molecule has 196 valence electrons. The van der Waals surface area contributed by atoms with E-state index in [1.807, 2.05) is 28.9 Å². The Balaban J connectivity index is 0.00000336. The molecule has 0 amide bonds. The van der Waals surface area contributed by atoms with E-state index in [4.69, 9.17) is 14.2 Å². The molecule has 1 atom stereocenters. The van der Waals surface area contributed by atoms with E-state index < -0.39 is 5.97 Å². The number of hydrogen-bond acceptors (Lipinski definition) is 8. The Morgan fingerprint density at radius 3 is 2.45 bits per heavy atom. The van der Waals surface area contributed by atoms with Crippen molar-refractivity contribution >= 4 is 30.5 Å². The molecule has 2 aromatic carbocycles. The summed E-state index contributed by atoms with van der Waals surface area (Å²) in [6.07, 6.45) is 4.60. The minimum absolute atomic E-state index is 0. The number of nitrogens with zero attached hydrogens (tertiary/aromatic N) is 6. The van der Waals surface area contributed by atoms with E-state index in [-0.39, 0.29) is 32.1 Å². The monoisotopic (exact) mass is 532 g/mol. The Bertz CT molecular complexity index is 1560. The van der Waals surface area contributed by atoms with E-state index in [0.717, 1.165) is 22.4 Å². The molecule has 0 unspecified atom stereocenters. The molecule has 0 fully saturated rings. The van der Waals surface area contributed by atoms with Crippen LogP contribution in [-0.2, 0) is 4.74 Å². The van der Waals surface area contributed by atoms with Crippen LogP contribution in [0.15, 0.2) is 67.1 Å². The molecule has 11 heteroatoms. The highest BCUT2D eigenvalue weighted by atomic mass is 32.1. The van der Waals surface area contributed by atoms with Crippen molar-refractivity contribution in [1.29, 1.82) is 0 Å². The first-order chi connectivity index (χ1) is 18.0. The highest BCUT2D eigenvalue weighted by Crippen LogP contribution is 2.32. The van der Waals surface area contributed by atoms with Crippen molar-refractivity contribution in [3.63, 3.8) is 0 Å². The molecule has 5 rings (SSSR count). The van der Waals surface area contributed by atoms with Crippen LogP contribution >= 0.6 is 13.5 Å². The number of rotatable bonds is 8. The number of fused-ring (bicyclic) bond motifs is 1. The number of benzene rings is 2. The van der Waals surface area contributed by atoms with E-state index in [2.05, 4.69) is 51.4 Å². The maximum absolute atomic E-state index is 12.0. The van der Waals surface area contributed by atoms with Crippen LogP contribution < -0.4 is 9.47 Å². The maximum Gasteiger partial charge on any atom is 0.341 e. The van der Waals surface area contributed by atoms with Crippen LogP contribution in [0.5, 0.6) is 11.6 Å². The van der Waals surface area contributed by atoms with Crippen molar-refractivity contribution in [2.75, 3.05) is 20.8 Å². The summed E-state index contributed by atoms with van der Waals surface area (Å²) in [5.41, 5.74) is 4.70. The molecule has 0 spiro atoms. The molecule has 0 radical (unpaired) electrons. The van der Waals surface area contributed by atoms with Crippen LogP contribution in [0, 0.1) is 0 Å². The highest BCUT2D eigenvalue weighted by Gasteiger charge is 2.21. The second-order valence-electron chi connectivity index (χ2n) is 8.25. The molecule has 3 aromatic heterocycles. The Morgan fingerprint density at radius 1 is 0.974 bits per heavy atom. The van der Waals surface area contributed by atoms with Crippen molar-refractivity contribution in [3.8, 4) is 28.7 Å². The quantitative estimate of drug-likeness (QED) is 0.267. The van der Waals surface area contributed by atoms with Crippen molar-refractivity contribution in [3.05, 3.63) is 78.2 Å². The summed E-state index contributed by atoms with van der Waals surface area (Å²) < 4.78 is 19.4. The van der Waals surface area contributed by atoms with E-state index in [1.165, 1.54) is 17.1 Å². The molecule has 0 aliphatic carbocycles. The molecule has 0 bridgehead atoms. The minimum atomic E-state index is -0.458. The van der Waals surface area contributed by atoms with Crippen molar-refractivity contribution < 1.29 is 19.0 Å². The highest BCUT2D eigenvalue weighted by molar-refractivity contribution is 7.59. The summed E-state index contributed by atoms with van der Waals surface area (Å²) in [6.45, 7) is 4.08. The number of esters is 1.